The van der Waals surface area contributed by atoms with Gasteiger partial charge in [-0.15, -0.1) is 0 Å². The van der Waals surface area contributed by atoms with E-state index in [1.165, 1.54) is 0 Å². The Balaban J connectivity index is 1.85. The highest BCUT2D eigenvalue weighted by molar-refractivity contribution is 5.44. The Morgan fingerprint density at radius 3 is 2.80 bits per heavy atom. The Morgan fingerprint density at radius 1 is 1.25 bits per heavy atom. The Hall–Kier alpha value is -1.30. The maximum Gasteiger partial charge on any atom is 0.161 e. The van der Waals surface area contributed by atoms with Crippen LogP contribution in [0.3, 0.4) is 0 Å². The Morgan fingerprint density at radius 2 is 2.05 bits per heavy atom. The molecule has 0 bridgehead atoms. The average molecular weight is 278 g/mol. The van der Waals surface area contributed by atoms with Crippen molar-refractivity contribution in [1.29, 1.82) is 0 Å². The maximum atomic E-state index is 5.80. The SMILES string of the molecule is CCC1OCCC1C(NN)c1ccc2c(c1)OCCO2. The van der Waals surface area contributed by atoms with E-state index in [1.54, 1.807) is 0 Å². The van der Waals surface area contributed by atoms with Crippen LogP contribution in [-0.4, -0.2) is 25.9 Å². The molecule has 0 aliphatic carbocycles. The minimum atomic E-state index is 0.0817. The molecule has 1 aromatic carbocycles. The number of hydrogen-bond donors (Lipinski definition) is 2. The third-order valence-electron chi connectivity index (χ3n) is 4.20. The number of ether oxygens (including phenoxy) is 3. The van der Waals surface area contributed by atoms with Crippen LogP contribution in [0.1, 0.15) is 31.4 Å². The standard InChI is InChI=1S/C15H22N2O3/c1-2-12-11(5-6-18-12)15(17-16)10-3-4-13-14(9-10)20-8-7-19-13/h3-4,9,11-12,15,17H,2,5-8,16H2,1H3. The van der Waals surface area contributed by atoms with E-state index in [4.69, 9.17) is 20.1 Å². The fourth-order valence-corrected chi connectivity index (χ4v) is 3.19. The van der Waals surface area contributed by atoms with Crippen LogP contribution in [0.5, 0.6) is 11.5 Å². The molecule has 1 fully saturated rings. The van der Waals surface area contributed by atoms with Gasteiger partial charge in [-0.05, 0) is 30.5 Å². The summed E-state index contributed by atoms with van der Waals surface area (Å²) in [7, 11) is 0. The second-order valence-corrected chi connectivity index (χ2v) is 5.32. The highest BCUT2D eigenvalue weighted by Gasteiger charge is 2.34. The van der Waals surface area contributed by atoms with Gasteiger partial charge in [0.2, 0.25) is 0 Å². The number of benzene rings is 1. The maximum absolute atomic E-state index is 5.80. The van der Waals surface area contributed by atoms with Crippen LogP contribution in [0, 0.1) is 5.92 Å². The quantitative estimate of drug-likeness (QED) is 0.649. The Kier molecular flexibility index (Phi) is 4.10. The van der Waals surface area contributed by atoms with Gasteiger partial charge in [0.25, 0.3) is 0 Å². The topological polar surface area (TPSA) is 65.7 Å². The Labute approximate surface area is 119 Å². The third kappa shape index (κ3) is 2.49. The van der Waals surface area contributed by atoms with Crippen molar-refractivity contribution in [3.8, 4) is 11.5 Å². The molecule has 20 heavy (non-hydrogen) atoms. The van der Waals surface area contributed by atoms with Crippen LogP contribution in [0.2, 0.25) is 0 Å². The molecule has 3 rings (SSSR count). The highest BCUT2D eigenvalue weighted by atomic mass is 16.6. The van der Waals surface area contributed by atoms with E-state index < -0.39 is 0 Å². The number of hydrogen-bond acceptors (Lipinski definition) is 5. The minimum absolute atomic E-state index is 0.0817. The van der Waals surface area contributed by atoms with Crippen LogP contribution in [0.4, 0.5) is 0 Å². The molecule has 0 aromatic heterocycles. The minimum Gasteiger partial charge on any atom is -0.486 e. The predicted molar refractivity (Wildman–Crippen MR) is 75.6 cm³/mol. The van der Waals surface area contributed by atoms with E-state index in [0.29, 0.717) is 19.1 Å². The number of fused-ring (bicyclic) bond motifs is 1. The molecule has 2 aliphatic rings. The molecule has 1 saturated heterocycles. The van der Waals surface area contributed by atoms with Gasteiger partial charge < -0.3 is 14.2 Å². The van der Waals surface area contributed by atoms with Crippen molar-refractivity contribution in [3.05, 3.63) is 23.8 Å². The molecule has 2 aliphatic heterocycles. The molecule has 3 N–H and O–H groups in total. The third-order valence-corrected chi connectivity index (χ3v) is 4.20. The first-order valence-electron chi connectivity index (χ1n) is 7.30. The Bertz CT molecular complexity index is 466. The molecule has 2 heterocycles. The molecule has 110 valence electrons. The lowest BCUT2D eigenvalue weighted by atomic mass is 9.87. The van der Waals surface area contributed by atoms with E-state index in [-0.39, 0.29) is 12.1 Å². The molecule has 0 spiro atoms. The van der Waals surface area contributed by atoms with Crippen molar-refractivity contribution in [2.75, 3.05) is 19.8 Å². The van der Waals surface area contributed by atoms with Gasteiger partial charge >= 0.3 is 0 Å². The molecule has 5 heteroatoms. The van der Waals surface area contributed by atoms with Gasteiger partial charge in [-0.3, -0.25) is 11.3 Å². The first kappa shape index (κ1) is 13.7. The molecule has 5 nitrogen and oxygen atoms in total. The summed E-state index contributed by atoms with van der Waals surface area (Å²) in [5.74, 6) is 7.81. The smallest absolute Gasteiger partial charge is 0.161 e. The van der Waals surface area contributed by atoms with Crippen molar-refractivity contribution in [2.24, 2.45) is 11.8 Å². The summed E-state index contributed by atoms with van der Waals surface area (Å²) in [4.78, 5) is 0. The van der Waals surface area contributed by atoms with E-state index in [1.807, 2.05) is 12.1 Å². The van der Waals surface area contributed by atoms with E-state index in [9.17, 15) is 0 Å². The normalized spacial score (nSPS) is 26.5. The van der Waals surface area contributed by atoms with E-state index in [2.05, 4.69) is 18.4 Å². The van der Waals surface area contributed by atoms with Crippen molar-refractivity contribution >= 4 is 0 Å². The number of hydrazine groups is 1. The molecular weight excluding hydrogens is 256 g/mol. The fraction of sp³-hybridized carbons (Fsp3) is 0.600. The fourth-order valence-electron chi connectivity index (χ4n) is 3.19. The van der Waals surface area contributed by atoms with Crippen molar-refractivity contribution < 1.29 is 14.2 Å². The first-order chi connectivity index (χ1) is 9.83. The van der Waals surface area contributed by atoms with Gasteiger partial charge in [0.1, 0.15) is 13.2 Å². The zero-order valence-corrected chi connectivity index (χ0v) is 11.8. The summed E-state index contributed by atoms with van der Waals surface area (Å²) in [5, 5.41) is 0. The lowest BCUT2D eigenvalue weighted by Crippen LogP contribution is -2.37. The van der Waals surface area contributed by atoms with Gasteiger partial charge in [0.05, 0.1) is 12.1 Å². The van der Waals surface area contributed by atoms with Crippen molar-refractivity contribution in [1.82, 2.24) is 5.43 Å². The largest absolute Gasteiger partial charge is 0.486 e. The van der Waals surface area contributed by atoms with Gasteiger partial charge in [0.15, 0.2) is 11.5 Å². The van der Waals surface area contributed by atoms with Crippen LogP contribution in [-0.2, 0) is 4.74 Å². The first-order valence-corrected chi connectivity index (χ1v) is 7.30. The van der Waals surface area contributed by atoms with Crippen LogP contribution in [0.25, 0.3) is 0 Å². The van der Waals surface area contributed by atoms with E-state index >= 15 is 0 Å². The zero-order valence-electron chi connectivity index (χ0n) is 11.8. The second kappa shape index (κ2) is 5.99. The molecule has 1 aromatic rings. The van der Waals surface area contributed by atoms with Gasteiger partial charge in [-0.25, -0.2) is 0 Å². The summed E-state index contributed by atoms with van der Waals surface area (Å²) >= 11 is 0. The van der Waals surface area contributed by atoms with Crippen LogP contribution >= 0.6 is 0 Å². The van der Waals surface area contributed by atoms with Crippen LogP contribution in [0.15, 0.2) is 18.2 Å². The summed E-state index contributed by atoms with van der Waals surface area (Å²) in [6.07, 6.45) is 2.30. The van der Waals surface area contributed by atoms with Gasteiger partial charge in [0, 0.05) is 12.5 Å². The summed E-state index contributed by atoms with van der Waals surface area (Å²) < 4.78 is 17.0. The average Bonchev–Trinajstić information content (AvgIpc) is 2.96. The lowest BCUT2D eigenvalue weighted by molar-refractivity contribution is 0.0773. The van der Waals surface area contributed by atoms with Gasteiger partial charge in [-0.1, -0.05) is 13.0 Å². The molecule has 0 amide bonds. The van der Waals surface area contributed by atoms with E-state index in [0.717, 1.165) is 36.5 Å². The molecule has 0 radical (unpaired) electrons. The highest BCUT2D eigenvalue weighted by Crippen LogP contribution is 2.38. The molecule has 3 atom stereocenters. The van der Waals surface area contributed by atoms with Crippen LogP contribution < -0.4 is 20.7 Å². The molecular formula is C15H22N2O3. The van der Waals surface area contributed by atoms with Crippen molar-refractivity contribution in [2.45, 2.75) is 31.9 Å². The number of nitrogens with two attached hydrogens (primary N) is 1. The molecule has 3 unspecified atom stereocenters. The number of nitrogens with one attached hydrogen (secondary N) is 1. The summed E-state index contributed by atoms with van der Waals surface area (Å²) in [6, 6.07) is 6.14. The summed E-state index contributed by atoms with van der Waals surface area (Å²) in [6.45, 7) is 4.17. The number of rotatable bonds is 4. The summed E-state index contributed by atoms with van der Waals surface area (Å²) in [5.41, 5.74) is 4.09. The monoisotopic (exact) mass is 278 g/mol. The second-order valence-electron chi connectivity index (χ2n) is 5.32. The zero-order chi connectivity index (χ0) is 13.9. The predicted octanol–water partition coefficient (Wildman–Crippen LogP) is 1.78. The van der Waals surface area contributed by atoms with Gasteiger partial charge in [-0.2, -0.15) is 0 Å². The molecule has 0 saturated carbocycles. The lowest BCUT2D eigenvalue weighted by Gasteiger charge is -2.28. The van der Waals surface area contributed by atoms with Crippen molar-refractivity contribution in [3.63, 3.8) is 0 Å².